The first-order valence-corrected chi connectivity index (χ1v) is 2.48. The molecule has 1 fully saturated rings. The van der Waals surface area contributed by atoms with Crippen LogP contribution in [-0.4, -0.2) is 18.5 Å². The van der Waals surface area contributed by atoms with Gasteiger partial charge in [0.15, 0.2) is 0 Å². The van der Waals surface area contributed by atoms with Crippen LogP contribution < -0.4 is 0 Å². The first-order chi connectivity index (χ1) is 4.77. The molecule has 0 aromatic heterocycles. The lowest BCUT2D eigenvalue weighted by atomic mass is 10.3. The Morgan fingerprint density at radius 2 is 2.40 bits per heavy atom. The third-order valence-corrected chi connectivity index (χ3v) is 0.991. The summed E-state index contributed by atoms with van der Waals surface area (Å²) in [7, 11) is 0. The van der Waals surface area contributed by atoms with Crippen molar-refractivity contribution in [2.45, 2.75) is 12.3 Å². The standard InChI is InChI=1S/C6H3NO3/c1-3-4-5(7-2)10-6(8)9-4/h1,4-5H. The van der Waals surface area contributed by atoms with Gasteiger partial charge in [0.2, 0.25) is 0 Å². The average molecular weight is 137 g/mol. The van der Waals surface area contributed by atoms with Crippen molar-refractivity contribution in [3.8, 4) is 12.3 Å². The van der Waals surface area contributed by atoms with Crippen molar-refractivity contribution in [3.05, 3.63) is 11.4 Å². The minimum absolute atomic E-state index is 0.843. The van der Waals surface area contributed by atoms with Crippen LogP contribution in [0.1, 0.15) is 0 Å². The van der Waals surface area contributed by atoms with Gasteiger partial charge in [0.05, 0.1) is 0 Å². The van der Waals surface area contributed by atoms with Gasteiger partial charge in [-0.3, -0.25) is 4.85 Å². The van der Waals surface area contributed by atoms with Gasteiger partial charge >= 0.3 is 12.4 Å². The van der Waals surface area contributed by atoms with E-state index in [0.29, 0.717) is 0 Å². The van der Waals surface area contributed by atoms with Crippen LogP contribution in [0.3, 0.4) is 0 Å². The van der Waals surface area contributed by atoms with E-state index >= 15 is 0 Å². The van der Waals surface area contributed by atoms with E-state index in [4.69, 9.17) is 13.0 Å². The van der Waals surface area contributed by atoms with Gasteiger partial charge < -0.3 is 9.47 Å². The molecule has 0 aromatic rings. The van der Waals surface area contributed by atoms with Crippen LogP contribution in [0.5, 0.6) is 0 Å². The fourth-order valence-corrected chi connectivity index (χ4v) is 0.560. The van der Waals surface area contributed by atoms with E-state index < -0.39 is 18.5 Å². The predicted octanol–water partition coefficient (Wildman–Crippen LogP) is 0.400. The normalized spacial score (nSPS) is 29.6. The molecule has 50 valence electrons. The summed E-state index contributed by atoms with van der Waals surface area (Å²) in [5.74, 6) is 2.11. The summed E-state index contributed by atoms with van der Waals surface area (Å²) in [5.41, 5.74) is 0. The summed E-state index contributed by atoms with van der Waals surface area (Å²) >= 11 is 0. The summed E-state index contributed by atoms with van der Waals surface area (Å²) in [4.78, 5) is 13.2. The van der Waals surface area contributed by atoms with Gasteiger partial charge in [0, 0.05) is 0 Å². The first-order valence-electron chi connectivity index (χ1n) is 2.48. The smallest absolute Gasteiger partial charge is 0.405 e. The molecule has 0 N–H and O–H groups in total. The van der Waals surface area contributed by atoms with Crippen LogP contribution in [0.15, 0.2) is 0 Å². The fourth-order valence-electron chi connectivity index (χ4n) is 0.560. The largest absolute Gasteiger partial charge is 0.515 e. The Labute approximate surface area is 57.5 Å². The molecule has 1 aliphatic rings. The molecular formula is C6H3NO3. The van der Waals surface area contributed by atoms with Crippen molar-refractivity contribution in [2.75, 3.05) is 0 Å². The third-order valence-electron chi connectivity index (χ3n) is 0.991. The van der Waals surface area contributed by atoms with Crippen molar-refractivity contribution >= 4 is 6.16 Å². The molecule has 2 atom stereocenters. The van der Waals surface area contributed by atoms with Crippen LogP contribution in [-0.2, 0) is 9.47 Å². The molecule has 0 bridgehead atoms. The van der Waals surface area contributed by atoms with Crippen molar-refractivity contribution in [3.63, 3.8) is 0 Å². The molecule has 0 amide bonds. The van der Waals surface area contributed by atoms with Crippen LogP contribution in [0.25, 0.3) is 4.85 Å². The second kappa shape index (κ2) is 2.28. The van der Waals surface area contributed by atoms with Gasteiger partial charge in [-0.25, -0.2) is 11.4 Å². The number of hydrogen-bond acceptors (Lipinski definition) is 3. The minimum Gasteiger partial charge on any atom is -0.405 e. The molecule has 4 nitrogen and oxygen atoms in total. The lowest BCUT2D eigenvalue weighted by Crippen LogP contribution is -2.15. The van der Waals surface area contributed by atoms with Crippen LogP contribution in [0.4, 0.5) is 4.79 Å². The highest BCUT2D eigenvalue weighted by Crippen LogP contribution is 2.14. The first kappa shape index (κ1) is 6.44. The number of ether oxygens (including phenoxy) is 2. The minimum atomic E-state index is -0.961. The zero-order valence-corrected chi connectivity index (χ0v) is 4.90. The number of rotatable bonds is 0. The number of carbonyl (C=O) groups is 1. The Morgan fingerprint density at radius 3 is 2.80 bits per heavy atom. The lowest BCUT2D eigenvalue weighted by Gasteiger charge is -1.93. The van der Waals surface area contributed by atoms with Gasteiger partial charge in [0.25, 0.3) is 6.10 Å². The predicted molar refractivity (Wildman–Crippen MR) is 30.6 cm³/mol. The van der Waals surface area contributed by atoms with E-state index in [2.05, 4.69) is 20.2 Å². The monoisotopic (exact) mass is 137 g/mol. The van der Waals surface area contributed by atoms with Gasteiger partial charge in [-0.2, -0.15) is 0 Å². The summed E-state index contributed by atoms with van der Waals surface area (Å²) in [5, 5.41) is 0. The fraction of sp³-hybridized carbons (Fsp3) is 0.333. The second-order valence-corrected chi connectivity index (χ2v) is 1.59. The van der Waals surface area contributed by atoms with Crippen LogP contribution in [0.2, 0.25) is 0 Å². The van der Waals surface area contributed by atoms with Gasteiger partial charge in [-0.05, 0) is 5.92 Å². The maximum atomic E-state index is 10.3. The van der Waals surface area contributed by atoms with E-state index in [1.807, 2.05) is 0 Å². The molecule has 0 spiro atoms. The SMILES string of the molecule is [C-]#[N+]C1OC(=O)OC1C#C. The molecule has 10 heavy (non-hydrogen) atoms. The van der Waals surface area contributed by atoms with Gasteiger partial charge in [-0.15, -0.1) is 6.42 Å². The quantitative estimate of drug-likeness (QED) is 0.275. The van der Waals surface area contributed by atoms with E-state index in [0.717, 1.165) is 0 Å². The molecule has 0 saturated carbocycles. The van der Waals surface area contributed by atoms with Crippen molar-refractivity contribution < 1.29 is 14.3 Å². The summed E-state index contributed by atoms with van der Waals surface area (Å²) in [6.07, 6.45) is 2.24. The summed E-state index contributed by atoms with van der Waals surface area (Å²) in [6.45, 7) is 6.50. The number of hydrogen-bond donors (Lipinski definition) is 0. The Bertz CT molecular complexity index is 210. The highest BCUT2D eigenvalue weighted by molar-refractivity contribution is 5.63. The molecule has 0 aliphatic carbocycles. The number of cyclic esters (lactones) is 2. The zero-order chi connectivity index (χ0) is 7.56. The number of terminal acetylenes is 1. The topological polar surface area (TPSA) is 39.9 Å². The Balaban J connectivity index is 2.71. The maximum absolute atomic E-state index is 10.3. The molecule has 1 rings (SSSR count). The van der Waals surface area contributed by atoms with Gasteiger partial charge in [-0.1, -0.05) is 0 Å². The van der Waals surface area contributed by atoms with Crippen molar-refractivity contribution in [1.29, 1.82) is 0 Å². The molecule has 2 unspecified atom stereocenters. The number of carbonyl (C=O) groups excluding carboxylic acids is 1. The molecule has 1 saturated heterocycles. The van der Waals surface area contributed by atoms with E-state index in [9.17, 15) is 4.79 Å². The second-order valence-electron chi connectivity index (χ2n) is 1.59. The van der Waals surface area contributed by atoms with Crippen LogP contribution in [0, 0.1) is 18.9 Å². The van der Waals surface area contributed by atoms with Crippen LogP contribution >= 0.6 is 0 Å². The zero-order valence-electron chi connectivity index (χ0n) is 4.90. The highest BCUT2D eigenvalue weighted by Gasteiger charge is 2.40. The number of nitrogens with zero attached hydrogens (tertiary/aromatic N) is 1. The average Bonchev–Trinajstić information content (AvgIpc) is 2.30. The molecule has 0 radical (unpaired) electrons. The van der Waals surface area contributed by atoms with E-state index in [1.54, 1.807) is 0 Å². The van der Waals surface area contributed by atoms with Crippen molar-refractivity contribution in [2.24, 2.45) is 0 Å². The summed E-state index contributed by atoms with van der Waals surface area (Å²) < 4.78 is 8.76. The van der Waals surface area contributed by atoms with E-state index in [1.165, 1.54) is 0 Å². The Hall–Kier alpha value is -1.68. The lowest BCUT2D eigenvalue weighted by molar-refractivity contribution is 0.122. The molecular weight excluding hydrogens is 134 g/mol. The molecule has 1 aliphatic heterocycles. The Morgan fingerprint density at radius 1 is 1.70 bits per heavy atom. The van der Waals surface area contributed by atoms with Crippen molar-refractivity contribution in [1.82, 2.24) is 0 Å². The maximum Gasteiger partial charge on any atom is 0.515 e. The molecule has 0 aromatic carbocycles. The Kier molecular flexibility index (Phi) is 1.47. The molecule has 4 heteroatoms. The molecule has 1 heterocycles. The van der Waals surface area contributed by atoms with E-state index in [-0.39, 0.29) is 0 Å². The van der Waals surface area contributed by atoms with Gasteiger partial charge in [0.1, 0.15) is 0 Å². The third kappa shape index (κ3) is 0.872. The summed E-state index contributed by atoms with van der Waals surface area (Å²) in [6, 6.07) is 0. The highest BCUT2D eigenvalue weighted by atomic mass is 16.8.